The summed E-state index contributed by atoms with van der Waals surface area (Å²) in [6.07, 6.45) is -4.41. The number of primary amides is 1. The highest BCUT2D eigenvalue weighted by atomic mass is 35.5. The Morgan fingerprint density at radius 2 is 1.96 bits per heavy atom. The summed E-state index contributed by atoms with van der Waals surface area (Å²) in [4.78, 5) is 25.6. The molecule has 5 nitrogen and oxygen atoms in total. The first-order valence-corrected chi connectivity index (χ1v) is 8.81. The van der Waals surface area contributed by atoms with E-state index in [0.29, 0.717) is 16.3 Å². The van der Waals surface area contributed by atoms with Gasteiger partial charge in [0.1, 0.15) is 6.04 Å². The van der Waals surface area contributed by atoms with E-state index >= 15 is 0 Å². The standard InChI is InChI=1S/C19H17ClF3N3O2/c1-10(13-4-2-3-5-14(13)19(21,22)23)26-16-9-12(20)7-6-11(16)8-15(17(26)27)25-18(24)28/h2-7,9-10,15H,8H2,1H3,(H3,24,25,28)/t10-,15+/m0/s1. The Balaban J connectivity index is 2.12. The molecule has 1 aliphatic rings. The van der Waals surface area contributed by atoms with E-state index in [1.165, 1.54) is 36.1 Å². The monoisotopic (exact) mass is 411 g/mol. The second-order valence-corrected chi connectivity index (χ2v) is 6.94. The normalized spacial score (nSPS) is 17.8. The number of amides is 3. The Morgan fingerprint density at radius 1 is 1.29 bits per heavy atom. The van der Waals surface area contributed by atoms with Gasteiger partial charge in [0.25, 0.3) is 5.91 Å². The quantitative estimate of drug-likeness (QED) is 0.799. The van der Waals surface area contributed by atoms with E-state index in [1.54, 1.807) is 12.1 Å². The van der Waals surface area contributed by atoms with Gasteiger partial charge in [0.2, 0.25) is 0 Å². The minimum Gasteiger partial charge on any atom is -0.352 e. The van der Waals surface area contributed by atoms with Crippen molar-refractivity contribution in [3.8, 4) is 0 Å². The molecule has 1 aliphatic heterocycles. The van der Waals surface area contributed by atoms with E-state index in [2.05, 4.69) is 5.32 Å². The number of fused-ring (bicyclic) bond motifs is 1. The molecule has 3 N–H and O–H groups in total. The van der Waals surface area contributed by atoms with Crippen LogP contribution in [0.5, 0.6) is 0 Å². The highest BCUT2D eigenvalue weighted by molar-refractivity contribution is 6.31. The Hall–Kier alpha value is -2.74. The fraction of sp³-hybridized carbons (Fsp3) is 0.263. The molecule has 28 heavy (non-hydrogen) atoms. The highest BCUT2D eigenvalue weighted by Crippen LogP contribution is 2.40. The minimum atomic E-state index is -4.58. The van der Waals surface area contributed by atoms with Crippen LogP contribution in [0.1, 0.15) is 29.7 Å². The second-order valence-electron chi connectivity index (χ2n) is 6.51. The largest absolute Gasteiger partial charge is 0.416 e. The van der Waals surface area contributed by atoms with Crippen molar-refractivity contribution in [2.24, 2.45) is 5.73 Å². The van der Waals surface area contributed by atoms with Crippen molar-refractivity contribution in [1.29, 1.82) is 0 Å². The molecule has 2 aromatic rings. The zero-order valence-electron chi connectivity index (χ0n) is 14.8. The predicted molar refractivity (Wildman–Crippen MR) is 99.0 cm³/mol. The first-order valence-electron chi connectivity index (χ1n) is 8.43. The third-order valence-corrected chi connectivity index (χ3v) is 4.92. The SMILES string of the molecule is C[C@@H](c1ccccc1C(F)(F)F)N1C(=O)[C@H](NC(N)=O)Cc2ccc(Cl)cc21. The van der Waals surface area contributed by atoms with Crippen molar-refractivity contribution in [1.82, 2.24) is 5.32 Å². The smallest absolute Gasteiger partial charge is 0.352 e. The number of carbonyl (C=O) groups is 2. The van der Waals surface area contributed by atoms with Crippen molar-refractivity contribution < 1.29 is 22.8 Å². The van der Waals surface area contributed by atoms with Gasteiger partial charge in [-0.1, -0.05) is 35.9 Å². The van der Waals surface area contributed by atoms with Crippen molar-refractivity contribution >= 4 is 29.2 Å². The van der Waals surface area contributed by atoms with E-state index in [0.717, 1.165) is 6.07 Å². The molecule has 0 unspecified atom stereocenters. The molecule has 0 radical (unpaired) electrons. The van der Waals surface area contributed by atoms with Gasteiger partial charge in [0.05, 0.1) is 11.6 Å². The fourth-order valence-electron chi connectivity index (χ4n) is 3.47. The maximum absolute atomic E-state index is 13.5. The zero-order valence-corrected chi connectivity index (χ0v) is 15.5. The van der Waals surface area contributed by atoms with E-state index in [-0.39, 0.29) is 12.0 Å². The van der Waals surface area contributed by atoms with E-state index in [4.69, 9.17) is 17.3 Å². The third kappa shape index (κ3) is 3.77. The number of benzene rings is 2. The van der Waals surface area contributed by atoms with Crippen molar-refractivity contribution in [3.63, 3.8) is 0 Å². The number of alkyl halides is 3. The first kappa shape index (κ1) is 20.0. The summed E-state index contributed by atoms with van der Waals surface area (Å²) in [5, 5.41) is 2.70. The van der Waals surface area contributed by atoms with Crippen LogP contribution in [-0.2, 0) is 17.4 Å². The molecule has 0 aromatic heterocycles. The number of rotatable bonds is 3. The van der Waals surface area contributed by atoms with Gasteiger partial charge in [-0.15, -0.1) is 0 Å². The third-order valence-electron chi connectivity index (χ3n) is 4.69. The molecule has 148 valence electrons. The Bertz CT molecular complexity index is 933. The van der Waals surface area contributed by atoms with Gasteiger partial charge in [0.15, 0.2) is 0 Å². The number of nitrogens with one attached hydrogen (secondary N) is 1. The topological polar surface area (TPSA) is 75.4 Å². The average Bonchev–Trinajstić information content (AvgIpc) is 2.61. The molecule has 3 amide bonds. The predicted octanol–water partition coefficient (Wildman–Crippen LogP) is 4.05. The summed E-state index contributed by atoms with van der Waals surface area (Å²) in [5.41, 5.74) is 5.33. The lowest BCUT2D eigenvalue weighted by Gasteiger charge is -2.39. The second kappa shape index (κ2) is 7.35. The molecule has 1 heterocycles. The molecule has 0 spiro atoms. The average molecular weight is 412 g/mol. The number of nitrogens with two attached hydrogens (primary N) is 1. The summed E-state index contributed by atoms with van der Waals surface area (Å²) in [6, 6.07) is 7.06. The van der Waals surface area contributed by atoms with Crippen molar-refractivity contribution in [2.45, 2.75) is 31.6 Å². The summed E-state index contributed by atoms with van der Waals surface area (Å²) >= 11 is 6.06. The van der Waals surface area contributed by atoms with Crippen LogP contribution in [0, 0.1) is 0 Å². The lowest BCUT2D eigenvalue weighted by molar-refractivity contribution is -0.138. The summed E-state index contributed by atoms with van der Waals surface area (Å²) in [6.45, 7) is 1.50. The van der Waals surface area contributed by atoms with E-state index < -0.39 is 35.8 Å². The number of urea groups is 1. The summed E-state index contributed by atoms with van der Waals surface area (Å²) in [7, 11) is 0. The van der Waals surface area contributed by atoms with Crippen LogP contribution < -0.4 is 16.0 Å². The Labute approximate surface area is 164 Å². The number of hydrogen-bond acceptors (Lipinski definition) is 2. The molecule has 0 fully saturated rings. The first-order chi connectivity index (χ1) is 13.1. The lowest BCUT2D eigenvalue weighted by atomic mass is 9.92. The van der Waals surface area contributed by atoms with Gasteiger partial charge < -0.3 is 16.0 Å². The molecule has 3 rings (SSSR count). The van der Waals surface area contributed by atoms with Crippen LogP contribution in [-0.4, -0.2) is 18.0 Å². The molecule has 9 heteroatoms. The van der Waals surface area contributed by atoms with Crippen LogP contribution in [0.2, 0.25) is 5.02 Å². The Kier molecular flexibility index (Phi) is 5.25. The van der Waals surface area contributed by atoms with Crippen LogP contribution in [0.4, 0.5) is 23.7 Å². The molecule has 0 saturated carbocycles. The Morgan fingerprint density at radius 3 is 2.61 bits per heavy atom. The van der Waals surface area contributed by atoms with E-state index in [1.807, 2.05) is 0 Å². The number of carbonyl (C=O) groups excluding carboxylic acids is 2. The van der Waals surface area contributed by atoms with Gasteiger partial charge in [-0.2, -0.15) is 13.2 Å². The number of nitrogens with zero attached hydrogens (tertiary/aromatic N) is 1. The highest BCUT2D eigenvalue weighted by Gasteiger charge is 2.40. The maximum atomic E-state index is 13.5. The number of anilines is 1. The van der Waals surface area contributed by atoms with Crippen LogP contribution in [0.3, 0.4) is 0 Å². The van der Waals surface area contributed by atoms with Crippen molar-refractivity contribution in [3.05, 3.63) is 64.2 Å². The minimum absolute atomic E-state index is 0.0611. The number of halogens is 4. The van der Waals surface area contributed by atoms with Crippen LogP contribution in [0.25, 0.3) is 0 Å². The van der Waals surface area contributed by atoms with Crippen LogP contribution in [0.15, 0.2) is 42.5 Å². The zero-order chi connectivity index (χ0) is 20.6. The number of hydrogen-bond donors (Lipinski definition) is 2. The molecular weight excluding hydrogens is 395 g/mol. The van der Waals surface area contributed by atoms with Gasteiger partial charge in [0, 0.05) is 17.1 Å². The molecule has 2 atom stereocenters. The lowest BCUT2D eigenvalue weighted by Crippen LogP contribution is -2.54. The molecule has 0 aliphatic carbocycles. The summed E-state index contributed by atoms with van der Waals surface area (Å²) in [5.74, 6) is -0.557. The van der Waals surface area contributed by atoms with E-state index in [9.17, 15) is 22.8 Å². The van der Waals surface area contributed by atoms with Crippen LogP contribution >= 0.6 is 11.6 Å². The van der Waals surface area contributed by atoms with Gasteiger partial charge >= 0.3 is 12.2 Å². The molecule has 0 saturated heterocycles. The fourth-order valence-corrected chi connectivity index (χ4v) is 3.64. The molecule has 0 bridgehead atoms. The molecular formula is C19H17ClF3N3O2. The maximum Gasteiger partial charge on any atom is 0.416 e. The van der Waals surface area contributed by atoms with Crippen molar-refractivity contribution in [2.75, 3.05) is 4.90 Å². The van der Waals surface area contributed by atoms with Gasteiger partial charge in [-0.3, -0.25) is 4.79 Å². The molecule has 2 aromatic carbocycles. The van der Waals surface area contributed by atoms with Gasteiger partial charge in [-0.25, -0.2) is 4.79 Å². The summed E-state index contributed by atoms with van der Waals surface area (Å²) < 4.78 is 40.5. The van der Waals surface area contributed by atoms with Gasteiger partial charge in [-0.05, 0) is 36.2 Å².